The molecule has 1 atom stereocenters. The van der Waals surface area contributed by atoms with Crippen LogP contribution in [-0.4, -0.2) is 41.6 Å². The molecule has 27 heavy (non-hydrogen) atoms. The summed E-state index contributed by atoms with van der Waals surface area (Å²) in [4.78, 5) is 18.9. The number of benzene rings is 1. The molecule has 0 spiro atoms. The van der Waals surface area contributed by atoms with Gasteiger partial charge in [-0.15, -0.1) is 0 Å². The van der Waals surface area contributed by atoms with E-state index in [0.29, 0.717) is 12.0 Å². The van der Waals surface area contributed by atoms with E-state index in [1.54, 1.807) is 24.3 Å². The molecule has 2 aromatic rings. The monoisotopic (exact) mass is 375 g/mol. The van der Waals surface area contributed by atoms with E-state index in [0.717, 1.165) is 18.4 Å². The topological polar surface area (TPSA) is 160 Å². The SMILES string of the molecule is COC(OC)C(CCCc1ccc(C(=O)O)cc1)c1c(N)nc(N)nc1N. The average molecular weight is 375 g/mol. The highest BCUT2D eigenvalue weighted by Crippen LogP contribution is 2.34. The number of hydrogen-bond acceptors (Lipinski definition) is 8. The molecule has 0 bridgehead atoms. The summed E-state index contributed by atoms with van der Waals surface area (Å²) in [6, 6.07) is 6.79. The highest BCUT2D eigenvalue weighted by Gasteiger charge is 2.28. The van der Waals surface area contributed by atoms with Gasteiger partial charge in [0.2, 0.25) is 5.95 Å². The Kier molecular flexibility index (Phi) is 6.91. The van der Waals surface area contributed by atoms with Gasteiger partial charge in [0.25, 0.3) is 0 Å². The van der Waals surface area contributed by atoms with Crippen LogP contribution in [0.4, 0.5) is 17.6 Å². The fraction of sp³-hybridized carbons (Fsp3) is 0.389. The van der Waals surface area contributed by atoms with Crippen LogP contribution < -0.4 is 17.2 Å². The minimum absolute atomic E-state index is 0.0115. The molecule has 0 saturated carbocycles. The van der Waals surface area contributed by atoms with Gasteiger partial charge in [-0.2, -0.15) is 9.97 Å². The molecule has 146 valence electrons. The maximum atomic E-state index is 10.9. The number of methoxy groups -OCH3 is 2. The van der Waals surface area contributed by atoms with Crippen LogP contribution in [0.5, 0.6) is 0 Å². The van der Waals surface area contributed by atoms with E-state index < -0.39 is 12.3 Å². The van der Waals surface area contributed by atoms with Crippen LogP contribution in [0, 0.1) is 0 Å². The van der Waals surface area contributed by atoms with Gasteiger partial charge in [0.05, 0.1) is 5.56 Å². The number of hydrogen-bond donors (Lipinski definition) is 4. The van der Waals surface area contributed by atoms with Crippen molar-refractivity contribution in [2.75, 3.05) is 31.4 Å². The molecule has 1 heterocycles. The Morgan fingerprint density at radius 2 is 1.63 bits per heavy atom. The van der Waals surface area contributed by atoms with Crippen molar-refractivity contribution in [1.29, 1.82) is 0 Å². The molecule has 0 aliphatic heterocycles. The number of aromatic carboxylic acids is 1. The van der Waals surface area contributed by atoms with Crippen LogP contribution in [0.3, 0.4) is 0 Å². The number of carboxylic acid groups (broad SMARTS) is 1. The van der Waals surface area contributed by atoms with E-state index >= 15 is 0 Å². The van der Waals surface area contributed by atoms with Crippen molar-refractivity contribution >= 4 is 23.6 Å². The third-order valence-corrected chi connectivity index (χ3v) is 4.37. The molecular formula is C18H25N5O4. The molecule has 2 rings (SSSR count). The number of carboxylic acids is 1. The summed E-state index contributed by atoms with van der Waals surface area (Å²) < 4.78 is 10.8. The van der Waals surface area contributed by atoms with Gasteiger partial charge in [-0.25, -0.2) is 4.79 Å². The van der Waals surface area contributed by atoms with Crippen LogP contribution in [0.25, 0.3) is 0 Å². The lowest BCUT2D eigenvalue weighted by Crippen LogP contribution is -2.26. The minimum Gasteiger partial charge on any atom is -0.478 e. The van der Waals surface area contributed by atoms with E-state index in [1.165, 1.54) is 14.2 Å². The molecule has 9 heteroatoms. The molecular weight excluding hydrogens is 350 g/mol. The quantitative estimate of drug-likeness (QED) is 0.478. The number of aromatic nitrogens is 2. The average Bonchev–Trinajstić information content (AvgIpc) is 2.62. The van der Waals surface area contributed by atoms with Crippen molar-refractivity contribution in [2.24, 2.45) is 0 Å². The highest BCUT2D eigenvalue weighted by atomic mass is 16.7. The van der Waals surface area contributed by atoms with Crippen molar-refractivity contribution in [3.05, 3.63) is 41.0 Å². The molecule has 0 amide bonds. The lowest BCUT2D eigenvalue weighted by molar-refractivity contribution is -0.119. The Balaban J connectivity index is 2.15. The summed E-state index contributed by atoms with van der Waals surface area (Å²) in [5.74, 6) is -0.805. The predicted octanol–water partition coefficient (Wildman–Crippen LogP) is 1.65. The Morgan fingerprint density at radius 1 is 1.07 bits per heavy atom. The predicted molar refractivity (Wildman–Crippen MR) is 102 cm³/mol. The zero-order valence-corrected chi connectivity index (χ0v) is 15.4. The number of carbonyl (C=O) groups is 1. The van der Waals surface area contributed by atoms with Gasteiger partial charge in [-0.1, -0.05) is 12.1 Å². The van der Waals surface area contributed by atoms with Crippen molar-refractivity contribution in [3.8, 4) is 0 Å². The third kappa shape index (κ3) is 5.05. The molecule has 0 saturated heterocycles. The van der Waals surface area contributed by atoms with Crippen LogP contribution in [0.15, 0.2) is 24.3 Å². The van der Waals surface area contributed by atoms with Crippen LogP contribution >= 0.6 is 0 Å². The number of nitrogen functional groups attached to an aromatic ring is 3. The summed E-state index contributed by atoms with van der Waals surface area (Å²) >= 11 is 0. The van der Waals surface area contributed by atoms with Gasteiger partial charge in [-0.05, 0) is 37.0 Å². The Bertz CT molecular complexity index is 755. The largest absolute Gasteiger partial charge is 0.478 e. The zero-order chi connectivity index (χ0) is 20.0. The minimum atomic E-state index is -0.945. The van der Waals surface area contributed by atoms with Crippen molar-refractivity contribution < 1.29 is 19.4 Å². The molecule has 0 aliphatic rings. The maximum absolute atomic E-state index is 10.9. The van der Waals surface area contributed by atoms with Crippen LogP contribution in [0.1, 0.15) is 40.2 Å². The number of anilines is 3. The molecule has 1 aromatic heterocycles. The number of rotatable bonds is 9. The van der Waals surface area contributed by atoms with Gasteiger partial charge >= 0.3 is 5.97 Å². The summed E-state index contributed by atoms with van der Waals surface area (Å²) in [6.07, 6.45) is 1.58. The number of aryl methyl sites for hydroxylation is 1. The van der Waals surface area contributed by atoms with E-state index in [2.05, 4.69) is 9.97 Å². The summed E-state index contributed by atoms with van der Waals surface area (Å²) in [7, 11) is 3.08. The van der Waals surface area contributed by atoms with E-state index in [9.17, 15) is 4.79 Å². The number of nitrogens with two attached hydrogens (primary N) is 3. The summed E-state index contributed by atoms with van der Waals surface area (Å²) in [6.45, 7) is 0. The van der Waals surface area contributed by atoms with E-state index in [1.807, 2.05) is 0 Å². The molecule has 0 radical (unpaired) electrons. The highest BCUT2D eigenvalue weighted by molar-refractivity contribution is 5.87. The van der Waals surface area contributed by atoms with Crippen LogP contribution in [0.2, 0.25) is 0 Å². The first-order valence-electron chi connectivity index (χ1n) is 8.43. The fourth-order valence-electron chi connectivity index (χ4n) is 3.08. The lowest BCUT2D eigenvalue weighted by Gasteiger charge is -2.26. The van der Waals surface area contributed by atoms with E-state index in [4.69, 9.17) is 31.8 Å². The van der Waals surface area contributed by atoms with Gasteiger partial charge in [0, 0.05) is 25.7 Å². The Labute approximate surface area is 157 Å². The van der Waals surface area contributed by atoms with Crippen LogP contribution in [-0.2, 0) is 15.9 Å². The summed E-state index contributed by atoms with van der Waals surface area (Å²) in [5.41, 5.74) is 19.5. The molecule has 0 fully saturated rings. The standard InChI is InChI=1S/C18H25N5O4/c1-26-17(27-2)12(13-14(19)22-18(21)23-15(13)20)5-3-4-10-6-8-11(9-7-10)16(24)25/h6-9,12,17H,3-5H2,1-2H3,(H,24,25)(H6,19,20,21,22,23). The summed E-state index contributed by atoms with van der Waals surface area (Å²) in [5, 5.41) is 8.97. The second-order valence-corrected chi connectivity index (χ2v) is 6.11. The number of ether oxygens (including phenoxy) is 2. The second kappa shape index (κ2) is 9.15. The first-order chi connectivity index (χ1) is 12.9. The molecule has 9 nitrogen and oxygen atoms in total. The third-order valence-electron chi connectivity index (χ3n) is 4.37. The molecule has 1 aromatic carbocycles. The maximum Gasteiger partial charge on any atom is 0.335 e. The van der Waals surface area contributed by atoms with Gasteiger partial charge in [-0.3, -0.25) is 0 Å². The van der Waals surface area contributed by atoms with Crippen molar-refractivity contribution in [3.63, 3.8) is 0 Å². The molecule has 7 N–H and O–H groups in total. The fourth-order valence-corrected chi connectivity index (χ4v) is 3.08. The van der Waals surface area contributed by atoms with Gasteiger partial charge in [0.1, 0.15) is 11.6 Å². The van der Waals surface area contributed by atoms with Crippen molar-refractivity contribution in [1.82, 2.24) is 9.97 Å². The first kappa shape index (κ1) is 20.4. The number of nitrogens with zero attached hydrogens (tertiary/aromatic N) is 2. The Morgan fingerprint density at radius 3 is 2.11 bits per heavy atom. The zero-order valence-electron chi connectivity index (χ0n) is 15.4. The normalized spacial score (nSPS) is 12.3. The molecule has 1 unspecified atom stereocenters. The Hall–Kier alpha value is -2.91. The van der Waals surface area contributed by atoms with Gasteiger partial charge in [0.15, 0.2) is 6.29 Å². The second-order valence-electron chi connectivity index (χ2n) is 6.11. The molecule has 0 aliphatic carbocycles. The van der Waals surface area contributed by atoms with Crippen molar-refractivity contribution in [2.45, 2.75) is 31.5 Å². The lowest BCUT2D eigenvalue weighted by atomic mass is 9.92. The first-order valence-corrected chi connectivity index (χ1v) is 8.43. The smallest absolute Gasteiger partial charge is 0.335 e. The van der Waals surface area contributed by atoms with E-state index in [-0.39, 0.29) is 29.1 Å². The van der Waals surface area contributed by atoms with Gasteiger partial charge < -0.3 is 31.8 Å².